The maximum atomic E-state index is 12.2. The first-order valence-electron chi connectivity index (χ1n) is 8.65. The van der Waals surface area contributed by atoms with Crippen LogP contribution in [0.15, 0.2) is 48.5 Å². The Morgan fingerprint density at radius 1 is 1.08 bits per heavy atom. The van der Waals surface area contributed by atoms with Gasteiger partial charge >= 0.3 is 6.03 Å². The third-order valence-corrected chi connectivity index (χ3v) is 4.90. The van der Waals surface area contributed by atoms with E-state index in [-0.39, 0.29) is 18.2 Å². The Kier molecular flexibility index (Phi) is 5.82. The summed E-state index contributed by atoms with van der Waals surface area (Å²) in [6.45, 7) is 1.92. The van der Waals surface area contributed by atoms with Gasteiger partial charge in [0, 0.05) is 16.8 Å². The topological polar surface area (TPSA) is 50.4 Å². The van der Waals surface area contributed by atoms with Crippen LogP contribution in [0.5, 0.6) is 5.75 Å². The molecule has 1 saturated carbocycles. The zero-order valence-corrected chi connectivity index (χ0v) is 15.1. The van der Waals surface area contributed by atoms with Gasteiger partial charge in [-0.25, -0.2) is 4.79 Å². The number of hydrogen-bond acceptors (Lipinski definition) is 2. The largest absolute Gasteiger partial charge is 0.490 e. The third-order valence-electron chi connectivity index (χ3n) is 4.47. The molecule has 0 unspecified atom stereocenters. The van der Waals surface area contributed by atoms with Crippen molar-refractivity contribution in [1.82, 2.24) is 5.32 Å². The van der Waals surface area contributed by atoms with Crippen LogP contribution in [0.1, 0.15) is 31.2 Å². The van der Waals surface area contributed by atoms with Crippen LogP contribution in [0.4, 0.5) is 10.5 Å². The van der Waals surface area contributed by atoms with Crippen LogP contribution in [0.2, 0.25) is 5.02 Å². The number of nitrogens with one attached hydrogen (secondary N) is 2. The first kappa shape index (κ1) is 17.6. The van der Waals surface area contributed by atoms with E-state index in [0.29, 0.717) is 5.02 Å². The van der Waals surface area contributed by atoms with Crippen LogP contribution in [-0.2, 0) is 0 Å². The van der Waals surface area contributed by atoms with Crippen LogP contribution in [0.3, 0.4) is 0 Å². The highest BCUT2D eigenvalue weighted by Crippen LogP contribution is 2.24. The SMILES string of the molecule is Cc1cc(NC(=O)NC2CCC(Oc3ccccc3)CC2)ccc1Cl. The molecule has 5 heteroatoms. The smallest absolute Gasteiger partial charge is 0.319 e. The number of carbonyl (C=O) groups is 1. The van der Waals surface area contributed by atoms with Gasteiger partial charge in [0.25, 0.3) is 0 Å². The van der Waals surface area contributed by atoms with Crippen molar-refractivity contribution in [3.63, 3.8) is 0 Å². The Bertz CT molecular complexity index is 713. The van der Waals surface area contributed by atoms with Crippen molar-refractivity contribution in [3.05, 3.63) is 59.1 Å². The van der Waals surface area contributed by atoms with Gasteiger partial charge in [0.1, 0.15) is 5.75 Å². The number of aryl methyl sites for hydroxylation is 1. The van der Waals surface area contributed by atoms with Crippen molar-refractivity contribution in [1.29, 1.82) is 0 Å². The van der Waals surface area contributed by atoms with Crippen molar-refractivity contribution in [2.75, 3.05) is 5.32 Å². The minimum Gasteiger partial charge on any atom is -0.490 e. The fraction of sp³-hybridized carbons (Fsp3) is 0.350. The molecule has 0 atom stereocenters. The molecule has 2 aromatic carbocycles. The van der Waals surface area contributed by atoms with Crippen LogP contribution in [0, 0.1) is 6.92 Å². The highest BCUT2D eigenvalue weighted by Gasteiger charge is 2.23. The first-order valence-corrected chi connectivity index (χ1v) is 9.03. The Morgan fingerprint density at radius 3 is 2.48 bits per heavy atom. The zero-order chi connectivity index (χ0) is 17.6. The van der Waals surface area contributed by atoms with Gasteiger partial charge in [0.15, 0.2) is 0 Å². The monoisotopic (exact) mass is 358 g/mol. The van der Waals surface area contributed by atoms with Gasteiger partial charge in [-0.1, -0.05) is 29.8 Å². The second kappa shape index (κ2) is 8.26. The normalized spacial score (nSPS) is 19.9. The average Bonchev–Trinajstić information content (AvgIpc) is 2.61. The number of benzene rings is 2. The number of halogens is 1. The number of ether oxygens (including phenoxy) is 1. The number of anilines is 1. The van der Waals surface area contributed by atoms with E-state index >= 15 is 0 Å². The van der Waals surface area contributed by atoms with Crippen LogP contribution < -0.4 is 15.4 Å². The molecule has 0 bridgehead atoms. The fourth-order valence-electron chi connectivity index (χ4n) is 3.09. The van der Waals surface area contributed by atoms with Gasteiger partial charge in [-0.15, -0.1) is 0 Å². The van der Waals surface area contributed by atoms with Crippen LogP contribution in [0.25, 0.3) is 0 Å². The van der Waals surface area contributed by atoms with Crippen LogP contribution in [-0.4, -0.2) is 18.2 Å². The van der Waals surface area contributed by atoms with Gasteiger partial charge in [0.2, 0.25) is 0 Å². The lowest BCUT2D eigenvalue weighted by molar-refractivity contribution is 0.141. The fourth-order valence-corrected chi connectivity index (χ4v) is 3.21. The molecule has 0 spiro atoms. The van der Waals surface area contributed by atoms with E-state index in [1.54, 1.807) is 12.1 Å². The van der Waals surface area contributed by atoms with Crippen molar-refractivity contribution >= 4 is 23.3 Å². The average molecular weight is 359 g/mol. The summed E-state index contributed by atoms with van der Waals surface area (Å²) in [5.74, 6) is 0.912. The number of rotatable bonds is 4. The lowest BCUT2D eigenvalue weighted by Gasteiger charge is -2.29. The van der Waals surface area contributed by atoms with E-state index in [2.05, 4.69) is 10.6 Å². The number of para-hydroxylation sites is 1. The van der Waals surface area contributed by atoms with E-state index in [9.17, 15) is 4.79 Å². The summed E-state index contributed by atoms with van der Waals surface area (Å²) in [6.07, 6.45) is 3.96. The maximum Gasteiger partial charge on any atom is 0.319 e. The lowest BCUT2D eigenvalue weighted by atomic mass is 9.93. The third kappa shape index (κ3) is 5.13. The predicted octanol–water partition coefficient (Wildman–Crippen LogP) is 5.16. The van der Waals surface area contributed by atoms with Crippen LogP contribution >= 0.6 is 11.6 Å². The molecule has 3 rings (SSSR count). The molecule has 0 heterocycles. The van der Waals surface area contributed by atoms with E-state index < -0.39 is 0 Å². The van der Waals surface area contributed by atoms with E-state index in [0.717, 1.165) is 42.7 Å². The number of urea groups is 1. The molecule has 2 amide bonds. The first-order chi connectivity index (χ1) is 12.1. The predicted molar refractivity (Wildman–Crippen MR) is 101 cm³/mol. The van der Waals surface area contributed by atoms with Gasteiger partial charge < -0.3 is 15.4 Å². The second-order valence-corrected chi connectivity index (χ2v) is 6.87. The molecular formula is C20H23ClN2O2. The highest BCUT2D eigenvalue weighted by atomic mass is 35.5. The van der Waals surface area contributed by atoms with Gasteiger partial charge in [-0.2, -0.15) is 0 Å². The molecule has 1 aliphatic rings. The molecule has 0 radical (unpaired) electrons. The van der Waals surface area contributed by atoms with Crippen molar-refractivity contribution < 1.29 is 9.53 Å². The molecule has 4 nitrogen and oxygen atoms in total. The summed E-state index contributed by atoms with van der Waals surface area (Å²) in [4.78, 5) is 12.2. The Morgan fingerprint density at radius 2 is 1.80 bits per heavy atom. The molecule has 2 aromatic rings. The van der Waals surface area contributed by atoms with Crippen molar-refractivity contribution in [2.45, 2.75) is 44.8 Å². The molecule has 132 valence electrons. The summed E-state index contributed by atoms with van der Waals surface area (Å²) in [6, 6.07) is 15.4. The molecule has 0 saturated heterocycles. The molecule has 25 heavy (non-hydrogen) atoms. The Labute approximate surface area is 153 Å². The molecule has 0 aromatic heterocycles. The van der Waals surface area contributed by atoms with Crippen molar-refractivity contribution in [2.24, 2.45) is 0 Å². The van der Waals surface area contributed by atoms with E-state index in [1.165, 1.54) is 0 Å². The minimum atomic E-state index is -0.172. The number of hydrogen-bond donors (Lipinski definition) is 2. The molecule has 2 N–H and O–H groups in total. The summed E-state index contributed by atoms with van der Waals surface area (Å²) in [7, 11) is 0. The van der Waals surface area contributed by atoms with E-state index in [4.69, 9.17) is 16.3 Å². The minimum absolute atomic E-state index is 0.172. The lowest BCUT2D eigenvalue weighted by Crippen LogP contribution is -2.41. The molecular weight excluding hydrogens is 336 g/mol. The number of carbonyl (C=O) groups excluding carboxylic acids is 1. The molecule has 1 fully saturated rings. The van der Waals surface area contributed by atoms with Gasteiger partial charge in [-0.3, -0.25) is 0 Å². The van der Waals surface area contributed by atoms with Gasteiger partial charge in [-0.05, 0) is 68.5 Å². The maximum absolute atomic E-state index is 12.2. The summed E-state index contributed by atoms with van der Waals surface area (Å²) in [5.41, 5.74) is 1.69. The second-order valence-electron chi connectivity index (χ2n) is 6.47. The highest BCUT2D eigenvalue weighted by molar-refractivity contribution is 6.31. The zero-order valence-electron chi connectivity index (χ0n) is 14.3. The summed E-state index contributed by atoms with van der Waals surface area (Å²) >= 11 is 6.00. The Hall–Kier alpha value is -2.20. The van der Waals surface area contributed by atoms with E-state index in [1.807, 2.05) is 43.3 Å². The standard InChI is InChI=1S/C20H23ClN2O2/c1-14-13-16(9-12-19(14)21)23-20(24)22-15-7-10-18(11-8-15)25-17-5-3-2-4-6-17/h2-6,9,12-13,15,18H,7-8,10-11H2,1H3,(H2,22,23,24). The quantitative estimate of drug-likeness (QED) is 0.793. The Balaban J connectivity index is 1.43. The summed E-state index contributed by atoms with van der Waals surface area (Å²) in [5, 5.41) is 6.61. The summed E-state index contributed by atoms with van der Waals surface area (Å²) < 4.78 is 5.99. The molecule has 1 aliphatic carbocycles. The van der Waals surface area contributed by atoms with Crippen molar-refractivity contribution in [3.8, 4) is 5.75 Å². The van der Waals surface area contributed by atoms with Gasteiger partial charge in [0.05, 0.1) is 6.10 Å². The molecule has 0 aliphatic heterocycles. The number of amides is 2.